The Morgan fingerprint density at radius 2 is 2.15 bits per heavy atom. The van der Waals surface area contributed by atoms with Gasteiger partial charge in [-0.15, -0.1) is 16.4 Å². The van der Waals surface area contributed by atoms with E-state index in [2.05, 4.69) is 25.9 Å². The molecule has 3 aromatic heterocycles. The summed E-state index contributed by atoms with van der Waals surface area (Å²) in [7, 11) is 0. The smallest absolute Gasteiger partial charge is 0.253 e. The standard InChI is InChI=1S/C22H19N7O3S2/c1-14(30)23-15-5-2-6-16(11-15)28-22(24-26-27-28)34-13-21(31)29-18(19-7-3-9-32-19)12-17(25-29)20-8-4-10-33-20/h2-11,18H,12-13H2,1H3,(H,23,30). The first-order valence-electron chi connectivity index (χ1n) is 10.3. The number of nitrogens with one attached hydrogen (secondary N) is 1. The first-order valence-corrected chi connectivity index (χ1v) is 12.2. The van der Waals surface area contributed by atoms with Crippen molar-refractivity contribution in [3.05, 3.63) is 70.8 Å². The summed E-state index contributed by atoms with van der Waals surface area (Å²) in [5, 5.41) is 23.1. The molecule has 172 valence electrons. The molecule has 1 N–H and O–H groups in total. The van der Waals surface area contributed by atoms with Gasteiger partial charge >= 0.3 is 0 Å². The first-order chi connectivity index (χ1) is 16.6. The fourth-order valence-corrected chi connectivity index (χ4v) is 5.04. The van der Waals surface area contributed by atoms with Crippen LogP contribution in [0.25, 0.3) is 5.69 Å². The second-order valence-electron chi connectivity index (χ2n) is 7.39. The van der Waals surface area contributed by atoms with E-state index in [0.717, 1.165) is 10.6 Å². The molecule has 0 fully saturated rings. The third kappa shape index (κ3) is 4.63. The van der Waals surface area contributed by atoms with Gasteiger partial charge in [0.2, 0.25) is 11.1 Å². The minimum absolute atomic E-state index is 0.0875. The largest absolute Gasteiger partial charge is 0.467 e. The van der Waals surface area contributed by atoms with Crippen LogP contribution >= 0.6 is 23.1 Å². The van der Waals surface area contributed by atoms with Crippen LogP contribution in [0.4, 0.5) is 5.69 Å². The fraction of sp³-hybridized carbons (Fsp3) is 0.182. The second kappa shape index (κ2) is 9.61. The quantitative estimate of drug-likeness (QED) is 0.390. The zero-order chi connectivity index (χ0) is 23.5. The van der Waals surface area contributed by atoms with Crippen molar-refractivity contribution in [1.29, 1.82) is 0 Å². The van der Waals surface area contributed by atoms with Crippen molar-refractivity contribution < 1.29 is 14.0 Å². The summed E-state index contributed by atoms with van der Waals surface area (Å²) < 4.78 is 7.12. The van der Waals surface area contributed by atoms with Crippen LogP contribution in [-0.2, 0) is 9.59 Å². The molecule has 5 rings (SSSR count). The van der Waals surface area contributed by atoms with Crippen LogP contribution in [-0.4, -0.2) is 48.5 Å². The number of rotatable bonds is 7. The lowest BCUT2D eigenvalue weighted by atomic mass is 10.1. The normalized spacial score (nSPS) is 15.4. The molecule has 2 amide bonds. The molecule has 1 aliphatic rings. The molecule has 0 saturated heterocycles. The van der Waals surface area contributed by atoms with Crippen molar-refractivity contribution in [3.63, 3.8) is 0 Å². The maximum absolute atomic E-state index is 13.2. The van der Waals surface area contributed by atoms with Crippen molar-refractivity contribution in [2.24, 2.45) is 5.10 Å². The summed E-state index contributed by atoms with van der Waals surface area (Å²) in [5.74, 6) is 0.422. The highest BCUT2D eigenvalue weighted by atomic mass is 32.2. The molecular formula is C22H19N7O3S2. The highest BCUT2D eigenvalue weighted by Crippen LogP contribution is 2.34. The maximum atomic E-state index is 13.2. The molecule has 4 aromatic rings. The van der Waals surface area contributed by atoms with Gasteiger partial charge in [0.05, 0.1) is 28.3 Å². The average molecular weight is 494 g/mol. The molecular weight excluding hydrogens is 474 g/mol. The van der Waals surface area contributed by atoms with Gasteiger partial charge in [0.1, 0.15) is 11.8 Å². The van der Waals surface area contributed by atoms with Crippen molar-refractivity contribution >= 4 is 46.3 Å². The van der Waals surface area contributed by atoms with E-state index >= 15 is 0 Å². The Morgan fingerprint density at radius 1 is 1.24 bits per heavy atom. The predicted octanol–water partition coefficient (Wildman–Crippen LogP) is 3.75. The van der Waals surface area contributed by atoms with E-state index in [9.17, 15) is 9.59 Å². The molecule has 0 bridgehead atoms. The van der Waals surface area contributed by atoms with Crippen LogP contribution < -0.4 is 5.32 Å². The third-order valence-electron chi connectivity index (χ3n) is 5.02. The maximum Gasteiger partial charge on any atom is 0.253 e. The molecule has 12 heteroatoms. The average Bonchev–Trinajstić information content (AvgIpc) is 3.62. The monoisotopic (exact) mass is 493 g/mol. The number of hydrazone groups is 1. The predicted molar refractivity (Wildman–Crippen MR) is 128 cm³/mol. The summed E-state index contributed by atoms with van der Waals surface area (Å²) in [4.78, 5) is 25.6. The van der Waals surface area contributed by atoms with Gasteiger partial charge < -0.3 is 9.73 Å². The lowest BCUT2D eigenvalue weighted by molar-refractivity contribution is -0.130. The number of carbonyl (C=O) groups excluding carboxylic acids is 2. The highest BCUT2D eigenvalue weighted by Gasteiger charge is 2.35. The summed E-state index contributed by atoms with van der Waals surface area (Å²) in [6.07, 6.45) is 2.18. The number of benzene rings is 1. The number of hydrogen-bond donors (Lipinski definition) is 1. The summed E-state index contributed by atoms with van der Waals surface area (Å²) in [6.45, 7) is 1.44. The second-order valence-corrected chi connectivity index (χ2v) is 9.28. The van der Waals surface area contributed by atoms with Crippen LogP contribution in [0.5, 0.6) is 0 Å². The van der Waals surface area contributed by atoms with Crippen molar-refractivity contribution in [2.75, 3.05) is 11.1 Å². The van der Waals surface area contributed by atoms with Gasteiger partial charge in [0, 0.05) is 19.0 Å². The number of tetrazole rings is 1. The molecule has 0 saturated carbocycles. The lowest BCUT2D eigenvalue weighted by Gasteiger charge is -2.19. The number of thiophene rings is 1. The fourth-order valence-electron chi connectivity index (χ4n) is 3.58. The van der Waals surface area contributed by atoms with E-state index in [4.69, 9.17) is 4.42 Å². The first kappa shape index (κ1) is 22.0. The van der Waals surface area contributed by atoms with Gasteiger partial charge in [-0.2, -0.15) is 9.78 Å². The minimum atomic E-state index is -0.300. The van der Waals surface area contributed by atoms with Crippen molar-refractivity contribution in [2.45, 2.75) is 24.5 Å². The summed E-state index contributed by atoms with van der Waals surface area (Å²) in [6, 6.07) is 14.5. The number of furan rings is 1. The van der Waals surface area contributed by atoms with Gasteiger partial charge in [0.15, 0.2) is 0 Å². The van der Waals surface area contributed by atoms with Crippen LogP contribution in [0.15, 0.2) is 74.8 Å². The Morgan fingerprint density at radius 3 is 2.91 bits per heavy atom. The molecule has 1 aromatic carbocycles. The van der Waals surface area contributed by atoms with E-state index in [1.807, 2.05) is 29.6 Å². The van der Waals surface area contributed by atoms with Crippen LogP contribution in [0.2, 0.25) is 0 Å². The Labute approximate surface area is 202 Å². The van der Waals surface area contributed by atoms with E-state index in [1.54, 1.807) is 41.9 Å². The number of carbonyl (C=O) groups is 2. The highest BCUT2D eigenvalue weighted by molar-refractivity contribution is 7.99. The molecule has 0 aliphatic carbocycles. The zero-order valence-corrected chi connectivity index (χ0v) is 19.6. The lowest BCUT2D eigenvalue weighted by Crippen LogP contribution is -2.28. The van der Waals surface area contributed by atoms with Gasteiger partial charge in [-0.25, -0.2) is 5.01 Å². The molecule has 0 radical (unpaired) electrons. The Balaban J connectivity index is 1.33. The summed E-state index contributed by atoms with van der Waals surface area (Å²) >= 11 is 2.80. The number of hydrogen-bond acceptors (Lipinski definition) is 9. The van der Waals surface area contributed by atoms with E-state index in [-0.39, 0.29) is 23.6 Å². The molecule has 0 spiro atoms. The number of nitrogens with zero attached hydrogens (tertiary/aromatic N) is 6. The van der Waals surface area contributed by atoms with Gasteiger partial charge in [-0.1, -0.05) is 23.9 Å². The number of amides is 2. The van der Waals surface area contributed by atoms with Gasteiger partial charge in [-0.05, 0) is 52.2 Å². The summed E-state index contributed by atoms with van der Waals surface area (Å²) in [5.41, 5.74) is 2.15. The third-order valence-corrected chi connectivity index (χ3v) is 6.84. The molecule has 4 heterocycles. The number of thioether (sulfide) groups is 1. The number of aromatic nitrogens is 4. The Hall–Kier alpha value is -3.77. The number of anilines is 1. The van der Waals surface area contributed by atoms with E-state index in [1.165, 1.54) is 28.4 Å². The Bertz CT molecular complexity index is 1330. The van der Waals surface area contributed by atoms with Crippen molar-refractivity contribution in [1.82, 2.24) is 25.2 Å². The van der Waals surface area contributed by atoms with E-state index < -0.39 is 0 Å². The van der Waals surface area contributed by atoms with Crippen LogP contribution in [0.1, 0.15) is 30.0 Å². The van der Waals surface area contributed by atoms with Gasteiger partial charge in [-0.3, -0.25) is 9.59 Å². The molecule has 1 aliphatic heterocycles. The van der Waals surface area contributed by atoms with Gasteiger partial charge in [0.25, 0.3) is 5.91 Å². The minimum Gasteiger partial charge on any atom is -0.467 e. The molecule has 34 heavy (non-hydrogen) atoms. The van der Waals surface area contributed by atoms with Crippen LogP contribution in [0, 0.1) is 0 Å². The zero-order valence-electron chi connectivity index (χ0n) is 18.0. The van der Waals surface area contributed by atoms with Crippen molar-refractivity contribution in [3.8, 4) is 5.69 Å². The SMILES string of the molecule is CC(=O)Nc1cccc(-n2nnnc2SCC(=O)N2N=C(c3cccs3)CC2c2ccco2)c1. The topological polar surface area (TPSA) is 119 Å². The molecule has 1 atom stereocenters. The van der Waals surface area contributed by atoms with Crippen LogP contribution in [0.3, 0.4) is 0 Å². The molecule has 1 unspecified atom stereocenters. The van der Waals surface area contributed by atoms with E-state index in [0.29, 0.717) is 28.7 Å². The molecule has 10 nitrogen and oxygen atoms in total. The Kier molecular flexibility index (Phi) is 6.23.